The summed E-state index contributed by atoms with van der Waals surface area (Å²) >= 11 is 0. The van der Waals surface area contributed by atoms with Gasteiger partial charge in [-0.25, -0.2) is 14.6 Å². The van der Waals surface area contributed by atoms with E-state index in [1.54, 1.807) is 6.92 Å². The lowest BCUT2D eigenvalue weighted by atomic mass is 9.75. The Hall–Kier alpha value is -3.20. The van der Waals surface area contributed by atoms with E-state index in [1.807, 2.05) is 12.1 Å². The topological polar surface area (TPSA) is 128 Å². The number of fused-ring (bicyclic) bond motifs is 1. The number of ether oxygens (including phenoxy) is 2. The molecule has 2 aliphatic rings. The van der Waals surface area contributed by atoms with Crippen LogP contribution < -0.4 is 0 Å². The zero-order chi connectivity index (χ0) is 16.5. The van der Waals surface area contributed by atoms with Crippen molar-refractivity contribution in [2.75, 3.05) is 14.2 Å². The van der Waals surface area contributed by atoms with Crippen molar-refractivity contribution >= 4 is 11.9 Å². The molecule has 0 spiro atoms. The fourth-order valence-electron chi connectivity index (χ4n) is 2.54. The van der Waals surface area contributed by atoms with Crippen LogP contribution in [0.5, 0.6) is 0 Å². The van der Waals surface area contributed by atoms with Crippen LogP contribution in [-0.4, -0.2) is 37.2 Å². The van der Waals surface area contributed by atoms with Gasteiger partial charge in [-0.15, -0.1) is 5.11 Å². The molecule has 0 aromatic carbocycles. The molecule has 2 rings (SSSR count). The van der Waals surface area contributed by atoms with E-state index in [2.05, 4.69) is 19.8 Å². The van der Waals surface area contributed by atoms with Crippen molar-refractivity contribution in [3.63, 3.8) is 0 Å². The van der Waals surface area contributed by atoms with Gasteiger partial charge >= 0.3 is 11.9 Å². The molecule has 1 unspecified atom stereocenters. The standard InChI is InChI=1S/C13H11N5O4/c1-7-4-16-17-18-9(12(20)22-3)8(11(19)21-2)13(5-14,6-15)10(7)18/h4,10H,1-3H3. The lowest BCUT2D eigenvalue weighted by Crippen LogP contribution is -2.41. The number of nitriles is 2. The van der Waals surface area contributed by atoms with Crippen LogP contribution in [0.4, 0.5) is 0 Å². The predicted molar refractivity (Wildman–Crippen MR) is 69.0 cm³/mol. The lowest BCUT2D eigenvalue weighted by Gasteiger charge is -2.29. The van der Waals surface area contributed by atoms with Gasteiger partial charge in [-0.3, -0.25) is 0 Å². The zero-order valence-electron chi connectivity index (χ0n) is 12.0. The Balaban J connectivity index is 2.83. The van der Waals surface area contributed by atoms with E-state index in [0.29, 0.717) is 5.57 Å². The molecule has 0 saturated heterocycles. The Kier molecular flexibility index (Phi) is 3.66. The van der Waals surface area contributed by atoms with Gasteiger partial charge in [-0.05, 0) is 12.5 Å². The minimum absolute atomic E-state index is 0.321. The van der Waals surface area contributed by atoms with Crippen LogP contribution in [0.2, 0.25) is 0 Å². The first kappa shape index (κ1) is 15.2. The van der Waals surface area contributed by atoms with Gasteiger partial charge in [-0.2, -0.15) is 10.5 Å². The summed E-state index contributed by atoms with van der Waals surface area (Å²) in [6.45, 7) is 1.62. The molecule has 112 valence electrons. The third-order valence-electron chi connectivity index (χ3n) is 3.48. The maximum atomic E-state index is 12.1. The highest BCUT2D eigenvalue weighted by Gasteiger charge is 2.61. The van der Waals surface area contributed by atoms with Crippen molar-refractivity contribution in [3.05, 3.63) is 23.0 Å². The highest BCUT2D eigenvalue weighted by Crippen LogP contribution is 2.48. The molecule has 22 heavy (non-hydrogen) atoms. The van der Waals surface area contributed by atoms with E-state index >= 15 is 0 Å². The normalized spacial score (nSPS) is 21.4. The Morgan fingerprint density at radius 2 is 1.86 bits per heavy atom. The maximum Gasteiger partial charge on any atom is 0.357 e. The predicted octanol–water partition coefficient (Wildman–Crippen LogP) is 0.589. The van der Waals surface area contributed by atoms with Gasteiger partial charge in [0.05, 0.1) is 32.6 Å². The molecule has 0 N–H and O–H groups in total. The number of nitrogens with zero attached hydrogens (tertiary/aromatic N) is 5. The third-order valence-corrected chi connectivity index (χ3v) is 3.48. The fraction of sp³-hybridized carbons (Fsp3) is 0.385. The monoisotopic (exact) mass is 301 g/mol. The summed E-state index contributed by atoms with van der Waals surface area (Å²) in [6.07, 6.45) is 1.36. The number of carbonyl (C=O) groups excluding carboxylic acids is 2. The summed E-state index contributed by atoms with van der Waals surface area (Å²) in [5.41, 5.74) is -2.17. The van der Waals surface area contributed by atoms with Crippen molar-refractivity contribution in [2.24, 2.45) is 15.8 Å². The van der Waals surface area contributed by atoms with Crippen LogP contribution in [0.15, 0.2) is 33.4 Å². The van der Waals surface area contributed by atoms with E-state index in [9.17, 15) is 20.1 Å². The second-order valence-corrected chi connectivity index (χ2v) is 4.56. The summed E-state index contributed by atoms with van der Waals surface area (Å²) in [5.74, 6) is -1.88. The van der Waals surface area contributed by atoms with E-state index in [4.69, 9.17) is 0 Å². The van der Waals surface area contributed by atoms with Crippen LogP contribution >= 0.6 is 0 Å². The number of rotatable bonds is 2. The van der Waals surface area contributed by atoms with E-state index < -0.39 is 29.0 Å². The van der Waals surface area contributed by atoms with Gasteiger partial charge in [0.15, 0.2) is 5.70 Å². The molecule has 0 bridgehead atoms. The average molecular weight is 301 g/mol. The molecule has 0 aromatic rings. The Morgan fingerprint density at radius 1 is 1.27 bits per heavy atom. The highest BCUT2D eigenvalue weighted by molar-refractivity contribution is 6.03. The summed E-state index contributed by atoms with van der Waals surface area (Å²) in [7, 11) is 2.20. The fourth-order valence-corrected chi connectivity index (χ4v) is 2.54. The maximum absolute atomic E-state index is 12.1. The molecule has 1 atom stereocenters. The Bertz CT molecular complexity index is 708. The first-order valence-electron chi connectivity index (χ1n) is 6.09. The van der Waals surface area contributed by atoms with Crippen molar-refractivity contribution in [2.45, 2.75) is 13.0 Å². The molecule has 9 nitrogen and oxygen atoms in total. The van der Waals surface area contributed by atoms with E-state index in [1.165, 1.54) is 6.20 Å². The van der Waals surface area contributed by atoms with E-state index in [-0.39, 0.29) is 5.70 Å². The average Bonchev–Trinajstić information content (AvgIpc) is 2.85. The SMILES string of the molecule is COC(=O)C1=C(C(=O)OC)C(C#N)(C#N)C2C(C)=CN=NN12. The largest absolute Gasteiger partial charge is 0.466 e. The van der Waals surface area contributed by atoms with Gasteiger partial charge in [0, 0.05) is 0 Å². The van der Waals surface area contributed by atoms with Crippen molar-refractivity contribution in [1.29, 1.82) is 10.5 Å². The number of carbonyl (C=O) groups is 2. The van der Waals surface area contributed by atoms with Gasteiger partial charge in [0.2, 0.25) is 5.41 Å². The lowest BCUT2D eigenvalue weighted by molar-refractivity contribution is -0.140. The molecule has 0 aliphatic carbocycles. The number of hydrogen-bond donors (Lipinski definition) is 0. The number of esters is 2. The molecule has 2 aliphatic heterocycles. The van der Waals surface area contributed by atoms with E-state index in [0.717, 1.165) is 19.2 Å². The summed E-state index contributed by atoms with van der Waals surface area (Å²) in [5, 5.41) is 27.7. The third kappa shape index (κ3) is 1.76. The van der Waals surface area contributed by atoms with Crippen LogP contribution in [0, 0.1) is 28.1 Å². The molecular formula is C13H11N5O4. The second kappa shape index (κ2) is 5.30. The minimum atomic E-state index is -1.95. The molecule has 0 aromatic heterocycles. The number of hydrogen-bond acceptors (Lipinski definition) is 9. The zero-order valence-corrected chi connectivity index (χ0v) is 12.0. The van der Waals surface area contributed by atoms with Crippen molar-refractivity contribution < 1.29 is 19.1 Å². The summed E-state index contributed by atoms with van der Waals surface area (Å²) in [4.78, 5) is 24.2. The second-order valence-electron chi connectivity index (χ2n) is 4.56. The van der Waals surface area contributed by atoms with Crippen molar-refractivity contribution in [3.8, 4) is 12.1 Å². The summed E-state index contributed by atoms with van der Waals surface area (Å²) in [6, 6.07) is 2.68. The molecule has 0 radical (unpaired) electrons. The van der Waals surface area contributed by atoms with Gasteiger partial charge in [-0.1, -0.05) is 5.22 Å². The molecule has 0 amide bonds. The first-order valence-corrected chi connectivity index (χ1v) is 6.09. The summed E-state index contributed by atoms with van der Waals surface area (Å²) < 4.78 is 9.27. The quantitative estimate of drug-likeness (QED) is 0.682. The molecule has 0 saturated carbocycles. The Morgan fingerprint density at radius 3 is 2.36 bits per heavy atom. The molecule has 0 fully saturated rings. The highest BCUT2D eigenvalue weighted by atomic mass is 16.5. The van der Waals surface area contributed by atoms with Gasteiger partial charge in [0.25, 0.3) is 0 Å². The first-order chi connectivity index (χ1) is 10.5. The Labute approximate surface area is 125 Å². The molecule has 2 heterocycles. The van der Waals surface area contributed by atoms with Crippen LogP contribution in [-0.2, 0) is 19.1 Å². The van der Waals surface area contributed by atoms with Gasteiger partial charge in [0.1, 0.15) is 11.6 Å². The van der Waals surface area contributed by atoms with Crippen LogP contribution in [0.1, 0.15) is 6.92 Å². The molecule has 9 heteroatoms. The number of methoxy groups -OCH3 is 2. The van der Waals surface area contributed by atoms with Crippen LogP contribution in [0.25, 0.3) is 0 Å². The smallest absolute Gasteiger partial charge is 0.357 e. The molecular weight excluding hydrogens is 290 g/mol. The minimum Gasteiger partial charge on any atom is -0.466 e. The van der Waals surface area contributed by atoms with Crippen LogP contribution in [0.3, 0.4) is 0 Å². The van der Waals surface area contributed by atoms with Gasteiger partial charge < -0.3 is 9.47 Å². The van der Waals surface area contributed by atoms with Crippen molar-refractivity contribution in [1.82, 2.24) is 5.01 Å².